The van der Waals surface area contributed by atoms with E-state index in [4.69, 9.17) is 0 Å². The summed E-state index contributed by atoms with van der Waals surface area (Å²) in [6.45, 7) is 0.328. The van der Waals surface area contributed by atoms with Gasteiger partial charge in [-0.25, -0.2) is 0 Å². The lowest BCUT2D eigenvalue weighted by molar-refractivity contribution is -0.122. The van der Waals surface area contributed by atoms with Gasteiger partial charge in [-0.15, -0.1) is 10.2 Å². The van der Waals surface area contributed by atoms with E-state index in [0.29, 0.717) is 16.0 Å². The number of carbonyl (C=O) groups excluding carboxylic acids is 3. The number of nitrogens with one attached hydrogen (secondary N) is 2. The van der Waals surface area contributed by atoms with E-state index in [1.54, 1.807) is 4.90 Å². The molecule has 0 spiro atoms. The maximum Gasteiger partial charge on any atom is 0.234 e. The predicted molar refractivity (Wildman–Crippen MR) is 121 cm³/mol. The Hall–Kier alpha value is -3.24. The second kappa shape index (κ2) is 9.71. The second-order valence-electron chi connectivity index (χ2n) is 6.81. The molecule has 1 saturated heterocycles. The molecule has 10 heteroatoms. The largest absolute Gasteiger partial charge is 0.325 e. The fraction of sp³-hybridized carbons (Fsp3) is 0.190. The Morgan fingerprint density at radius 2 is 1.74 bits per heavy atom. The number of thioether (sulfide) groups is 1. The Morgan fingerprint density at radius 1 is 1.03 bits per heavy atom. The highest BCUT2D eigenvalue weighted by Gasteiger charge is 2.35. The van der Waals surface area contributed by atoms with E-state index in [0.717, 1.165) is 11.4 Å². The first-order chi connectivity index (χ1) is 15.1. The van der Waals surface area contributed by atoms with Crippen molar-refractivity contribution < 1.29 is 14.4 Å². The van der Waals surface area contributed by atoms with Gasteiger partial charge in [0.05, 0.1) is 11.7 Å². The third-order valence-corrected chi connectivity index (χ3v) is 6.56. The van der Waals surface area contributed by atoms with Gasteiger partial charge < -0.3 is 15.5 Å². The minimum atomic E-state index is -0.454. The number of hydrogen-bond donors (Lipinski definition) is 2. The van der Waals surface area contributed by atoms with Crippen LogP contribution in [-0.4, -0.2) is 40.2 Å². The molecular formula is C21H19N5O3S2. The molecule has 4 rings (SSSR count). The van der Waals surface area contributed by atoms with Crippen LogP contribution >= 0.6 is 23.1 Å². The van der Waals surface area contributed by atoms with Crippen molar-refractivity contribution in [1.82, 2.24) is 10.2 Å². The molecule has 2 heterocycles. The molecule has 0 saturated carbocycles. The molecule has 1 aliphatic heterocycles. The standard InChI is InChI=1S/C21H19N5O3S2/c27-17(22-15-7-3-1-4-8-15)13-30-21-25-24-20(31-21)23-19(29)14-11-18(28)26(12-14)16-9-5-2-6-10-16/h1-10,14H,11-13H2,(H,22,27)(H,23,24,29)/t14-/m0/s1. The van der Waals surface area contributed by atoms with Crippen LogP contribution in [-0.2, 0) is 14.4 Å². The van der Waals surface area contributed by atoms with Crippen molar-refractivity contribution >= 4 is 57.3 Å². The molecular weight excluding hydrogens is 434 g/mol. The van der Waals surface area contributed by atoms with Crippen molar-refractivity contribution in [2.24, 2.45) is 5.92 Å². The van der Waals surface area contributed by atoms with Crippen molar-refractivity contribution in [1.29, 1.82) is 0 Å². The maximum absolute atomic E-state index is 12.6. The summed E-state index contributed by atoms with van der Waals surface area (Å²) in [4.78, 5) is 38.6. The monoisotopic (exact) mass is 453 g/mol. The van der Waals surface area contributed by atoms with Gasteiger partial charge in [0, 0.05) is 24.3 Å². The van der Waals surface area contributed by atoms with Crippen LogP contribution in [0.3, 0.4) is 0 Å². The van der Waals surface area contributed by atoms with Gasteiger partial charge in [-0.3, -0.25) is 14.4 Å². The number of rotatable bonds is 7. The Kier molecular flexibility index (Phi) is 6.58. The van der Waals surface area contributed by atoms with Gasteiger partial charge in [0.1, 0.15) is 0 Å². The van der Waals surface area contributed by atoms with Crippen molar-refractivity contribution in [3.63, 3.8) is 0 Å². The van der Waals surface area contributed by atoms with Gasteiger partial charge in [0.25, 0.3) is 0 Å². The Morgan fingerprint density at radius 3 is 2.48 bits per heavy atom. The van der Waals surface area contributed by atoms with Crippen LogP contribution in [0.2, 0.25) is 0 Å². The molecule has 1 aromatic heterocycles. The van der Waals surface area contributed by atoms with Crippen molar-refractivity contribution in [3.05, 3.63) is 60.7 Å². The maximum atomic E-state index is 12.6. The Balaban J connectivity index is 1.27. The molecule has 3 aromatic rings. The normalized spacial score (nSPS) is 15.7. The van der Waals surface area contributed by atoms with Gasteiger partial charge in [-0.1, -0.05) is 59.5 Å². The quantitative estimate of drug-likeness (QED) is 0.420. The summed E-state index contributed by atoms with van der Waals surface area (Å²) in [7, 11) is 0. The minimum absolute atomic E-state index is 0.0794. The first kappa shape index (κ1) is 21.0. The predicted octanol–water partition coefficient (Wildman–Crippen LogP) is 3.26. The van der Waals surface area contributed by atoms with Gasteiger partial charge in [-0.2, -0.15) is 0 Å². The number of nitrogens with zero attached hydrogens (tertiary/aromatic N) is 3. The van der Waals surface area contributed by atoms with Gasteiger partial charge >= 0.3 is 0 Å². The SMILES string of the molecule is O=C(CSc1nnc(NC(=O)[C@H]2CC(=O)N(c3ccccc3)C2)s1)Nc1ccccc1. The molecule has 0 bridgehead atoms. The van der Waals surface area contributed by atoms with E-state index in [9.17, 15) is 14.4 Å². The number of para-hydroxylation sites is 2. The summed E-state index contributed by atoms with van der Waals surface area (Å²) in [5.41, 5.74) is 1.51. The van der Waals surface area contributed by atoms with Crippen molar-refractivity contribution in [2.75, 3.05) is 27.8 Å². The molecule has 2 N–H and O–H groups in total. The van der Waals surface area contributed by atoms with E-state index >= 15 is 0 Å². The number of amides is 3. The number of anilines is 3. The van der Waals surface area contributed by atoms with Crippen molar-refractivity contribution in [2.45, 2.75) is 10.8 Å². The van der Waals surface area contributed by atoms with Crippen molar-refractivity contribution in [3.8, 4) is 0 Å². The zero-order chi connectivity index (χ0) is 21.6. The molecule has 1 aliphatic rings. The minimum Gasteiger partial charge on any atom is -0.325 e. The third kappa shape index (κ3) is 5.47. The summed E-state index contributed by atoms with van der Waals surface area (Å²) in [6, 6.07) is 18.5. The van der Waals surface area contributed by atoms with E-state index in [1.807, 2.05) is 60.7 Å². The van der Waals surface area contributed by atoms with Crippen LogP contribution in [0.1, 0.15) is 6.42 Å². The molecule has 158 valence electrons. The summed E-state index contributed by atoms with van der Waals surface area (Å²) in [6.07, 6.45) is 0.154. The number of carbonyl (C=O) groups is 3. The van der Waals surface area contributed by atoms with Crippen LogP contribution < -0.4 is 15.5 Å². The van der Waals surface area contributed by atoms with Crippen LogP contribution in [0.5, 0.6) is 0 Å². The zero-order valence-electron chi connectivity index (χ0n) is 16.4. The van der Waals surface area contributed by atoms with Crippen LogP contribution in [0.4, 0.5) is 16.5 Å². The highest BCUT2D eigenvalue weighted by molar-refractivity contribution is 8.01. The van der Waals surface area contributed by atoms with E-state index in [1.165, 1.54) is 23.1 Å². The number of aromatic nitrogens is 2. The second-order valence-corrected chi connectivity index (χ2v) is 9.01. The Labute approximate surface area is 187 Å². The molecule has 1 fully saturated rings. The first-order valence-electron chi connectivity index (χ1n) is 9.56. The van der Waals surface area contributed by atoms with E-state index in [-0.39, 0.29) is 29.9 Å². The molecule has 31 heavy (non-hydrogen) atoms. The fourth-order valence-corrected chi connectivity index (χ4v) is 4.67. The summed E-state index contributed by atoms with van der Waals surface area (Å²) in [5, 5.41) is 13.9. The average Bonchev–Trinajstić information content (AvgIpc) is 3.40. The zero-order valence-corrected chi connectivity index (χ0v) is 18.0. The third-order valence-electron chi connectivity index (χ3n) is 4.58. The molecule has 3 amide bonds. The first-order valence-corrected chi connectivity index (χ1v) is 11.4. The Bertz CT molecular complexity index is 1070. The number of benzene rings is 2. The molecule has 1 atom stereocenters. The highest BCUT2D eigenvalue weighted by Crippen LogP contribution is 2.28. The highest BCUT2D eigenvalue weighted by atomic mass is 32.2. The summed E-state index contributed by atoms with van der Waals surface area (Å²) >= 11 is 2.44. The summed E-state index contributed by atoms with van der Waals surface area (Å²) < 4.78 is 0.576. The van der Waals surface area contributed by atoms with Crippen LogP contribution in [0.15, 0.2) is 65.0 Å². The molecule has 8 nitrogen and oxygen atoms in total. The molecule has 2 aromatic carbocycles. The van der Waals surface area contributed by atoms with E-state index < -0.39 is 5.92 Å². The van der Waals surface area contributed by atoms with Gasteiger partial charge in [0.2, 0.25) is 22.9 Å². The van der Waals surface area contributed by atoms with Gasteiger partial charge in [0.15, 0.2) is 4.34 Å². The van der Waals surface area contributed by atoms with Gasteiger partial charge in [-0.05, 0) is 24.3 Å². The molecule has 0 aliphatic carbocycles. The fourth-order valence-electron chi connectivity index (χ4n) is 3.11. The van der Waals surface area contributed by atoms with Crippen LogP contribution in [0.25, 0.3) is 0 Å². The lowest BCUT2D eigenvalue weighted by Crippen LogP contribution is -2.28. The lowest BCUT2D eigenvalue weighted by atomic mass is 10.1. The molecule has 0 radical (unpaired) electrons. The average molecular weight is 454 g/mol. The van der Waals surface area contributed by atoms with E-state index in [2.05, 4.69) is 20.8 Å². The lowest BCUT2D eigenvalue weighted by Gasteiger charge is -2.16. The summed E-state index contributed by atoms with van der Waals surface area (Å²) in [5.74, 6) is -0.766. The van der Waals surface area contributed by atoms with Crippen LogP contribution in [0, 0.1) is 5.92 Å². The topological polar surface area (TPSA) is 104 Å². The smallest absolute Gasteiger partial charge is 0.234 e. The molecule has 0 unspecified atom stereocenters. The number of hydrogen-bond acceptors (Lipinski definition) is 7.